The normalized spacial score (nSPS) is 38.5. The number of nitrogens with one attached hydrogen (secondary N) is 1. The van der Waals surface area contributed by atoms with Crippen LogP contribution in [0.3, 0.4) is 0 Å². The van der Waals surface area contributed by atoms with E-state index >= 15 is 0 Å². The molecule has 0 saturated carbocycles. The van der Waals surface area contributed by atoms with Crippen LogP contribution in [0.1, 0.15) is 40.0 Å². The second-order valence-electron chi connectivity index (χ2n) is 6.81. The third-order valence-electron chi connectivity index (χ3n) is 5.10. The highest BCUT2D eigenvalue weighted by Gasteiger charge is 2.33. The van der Waals surface area contributed by atoms with E-state index in [4.69, 9.17) is 0 Å². The van der Waals surface area contributed by atoms with Crippen molar-refractivity contribution in [2.45, 2.75) is 52.1 Å². The quantitative estimate of drug-likeness (QED) is 0.824. The highest BCUT2D eigenvalue weighted by atomic mass is 15.2. The molecule has 2 aliphatic rings. The zero-order valence-corrected chi connectivity index (χ0v) is 12.7. The van der Waals surface area contributed by atoms with Crippen molar-refractivity contribution in [3.63, 3.8) is 0 Å². The van der Waals surface area contributed by atoms with Crippen LogP contribution in [-0.4, -0.2) is 61.7 Å². The molecule has 2 saturated heterocycles. The molecule has 0 aromatic heterocycles. The summed E-state index contributed by atoms with van der Waals surface area (Å²) in [6.45, 7) is 13.3. The van der Waals surface area contributed by atoms with Gasteiger partial charge < -0.3 is 15.1 Å². The molecular weight excluding hydrogens is 222 g/mol. The van der Waals surface area contributed by atoms with Gasteiger partial charge in [-0.05, 0) is 58.3 Å². The van der Waals surface area contributed by atoms with E-state index in [1.165, 1.54) is 52.0 Å². The van der Waals surface area contributed by atoms with E-state index in [0.29, 0.717) is 5.41 Å². The molecule has 0 spiro atoms. The Kier molecular flexibility index (Phi) is 4.68. The Morgan fingerprint density at radius 1 is 1.44 bits per heavy atom. The zero-order chi connectivity index (χ0) is 13.2. The van der Waals surface area contributed by atoms with Gasteiger partial charge in [0.1, 0.15) is 0 Å². The third-order valence-corrected chi connectivity index (χ3v) is 5.10. The van der Waals surface area contributed by atoms with Crippen LogP contribution in [0.4, 0.5) is 0 Å². The first-order valence-electron chi connectivity index (χ1n) is 7.69. The van der Waals surface area contributed by atoms with Crippen molar-refractivity contribution in [2.24, 2.45) is 5.41 Å². The van der Waals surface area contributed by atoms with Crippen molar-refractivity contribution in [1.82, 2.24) is 15.1 Å². The van der Waals surface area contributed by atoms with E-state index in [9.17, 15) is 0 Å². The SMILES string of the molecule is CCN1CCC(N(C)CC2(C)CCNC2)CC1C. The smallest absolute Gasteiger partial charge is 0.0119 e. The Balaban J connectivity index is 1.84. The number of rotatable bonds is 4. The van der Waals surface area contributed by atoms with Crippen molar-refractivity contribution in [3.8, 4) is 0 Å². The Bertz CT molecular complexity index is 260. The number of hydrogen-bond donors (Lipinski definition) is 1. The summed E-state index contributed by atoms with van der Waals surface area (Å²) in [4.78, 5) is 5.25. The van der Waals surface area contributed by atoms with Crippen LogP contribution in [0.15, 0.2) is 0 Å². The summed E-state index contributed by atoms with van der Waals surface area (Å²) in [7, 11) is 2.34. The molecule has 0 aromatic rings. The molecule has 106 valence electrons. The molecule has 3 unspecified atom stereocenters. The molecule has 0 aliphatic carbocycles. The maximum atomic E-state index is 3.51. The lowest BCUT2D eigenvalue weighted by Crippen LogP contribution is -2.50. The third kappa shape index (κ3) is 3.25. The molecule has 2 fully saturated rings. The Hall–Kier alpha value is -0.120. The lowest BCUT2D eigenvalue weighted by Gasteiger charge is -2.42. The molecular formula is C15H31N3. The van der Waals surface area contributed by atoms with Crippen LogP contribution in [0.25, 0.3) is 0 Å². The number of nitrogens with zero attached hydrogens (tertiary/aromatic N) is 2. The van der Waals surface area contributed by atoms with Gasteiger partial charge in [0.05, 0.1) is 0 Å². The molecule has 3 heteroatoms. The highest BCUT2D eigenvalue weighted by molar-refractivity contribution is 4.90. The lowest BCUT2D eigenvalue weighted by molar-refractivity contribution is 0.0692. The largest absolute Gasteiger partial charge is 0.316 e. The van der Waals surface area contributed by atoms with Gasteiger partial charge in [-0.25, -0.2) is 0 Å². The molecule has 0 bridgehead atoms. The fraction of sp³-hybridized carbons (Fsp3) is 1.00. The molecule has 0 aromatic carbocycles. The monoisotopic (exact) mass is 253 g/mol. The van der Waals surface area contributed by atoms with Crippen molar-refractivity contribution in [3.05, 3.63) is 0 Å². The van der Waals surface area contributed by atoms with Crippen LogP contribution < -0.4 is 5.32 Å². The number of piperidine rings is 1. The van der Waals surface area contributed by atoms with Gasteiger partial charge in [-0.3, -0.25) is 0 Å². The van der Waals surface area contributed by atoms with Gasteiger partial charge in [-0.15, -0.1) is 0 Å². The average molecular weight is 253 g/mol. The molecule has 2 aliphatic heterocycles. The zero-order valence-electron chi connectivity index (χ0n) is 12.7. The van der Waals surface area contributed by atoms with E-state index in [-0.39, 0.29) is 0 Å². The predicted molar refractivity (Wildman–Crippen MR) is 78.0 cm³/mol. The van der Waals surface area contributed by atoms with Crippen molar-refractivity contribution in [2.75, 3.05) is 39.8 Å². The first kappa shape index (κ1) is 14.3. The first-order chi connectivity index (χ1) is 8.54. The maximum absolute atomic E-state index is 3.51. The molecule has 1 N–H and O–H groups in total. The molecule has 2 heterocycles. The summed E-state index contributed by atoms with van der Waals surface area (Å²) >= 11 is 0. The van der Waals surface area contributed by atoms with E-state index in [2.05, 4.69) is 42.9 Å². The summed E-state index contributed by atoms with van der Waals surface area (Å²) in [6, 6.07) is 1.55. The minimum absolute atomic E-state index is 0.500. The van der Waals surface area contributed by atoms with Crippen LogP contribution >= 0.6 is 0 Å². The van der Waals surface area contributed by atoms with Crippen molar-refractivity contribution in [1.29, 1.82) is 0 Å². The van der Waals surface area contributed by atoms with Gasteiger partial charge in [-0.1, -0.05) is 13.8 Å². The van der Waals surface area contributed by atoms with Crippen LogP contribution in [0, 0.1) is 5.41 Å². The van der Waals surface area contributed by atoms with E-state index in [1.807, 2.05) is 0 Å². The highest BCUT2D eigenvalue weighted by Crippen LogP contribution is 2.28. The molecule has 3 atom stereocenters. The predicted octanol–water partition coefficient (Wildman–Crippen LogP) is 1.79. The minimum Gasteiger partial charge on any atom is -0.316 e. The van der Waals surface area contributed by atoms with Crippen LogP contribution in [0.5, 0.6) is 0 Å². The van der Waals surface area contributed by atoms with Gasteiger partial charge in [0.2, 0.25) is 0 Å². The molecule has 0 amide bonds. The van der Waals surface area contributed by atoms with Crippen LogP contribution in [0.2, 0.25) is 0 Å². The summed E-state index contributed by atoms with van der Waals surface area (Å²) in [5.41, 5.74) is 0.500. The Morgan fingerprint density at radius 3 is 2.78 bits per heavy atom. The Labute approximate surface area is 113 Å². The van der Waals surface area contributed by atoms with Gasteiger partial charge in [-0.2, -0.15) is 0 Å². The maximum Gasteiger partial charge on any atom is 0.0119 e. The summed E-state index contributed by atoms with van der Waals surface area (Å²) in [5.74, 6) is 0. The van der Waals surface area contributed by atoms with Crippen molar-refractivity contribution >= 4 is 0 Å². The minimum atomic E-state index is 0.500. The lowest BCUT2D eigenvalue weighted by atomic mass is 9.87. The van der Waals surface area contributed by atoms with Gasteiger partial charge in [0.25, 0.3) is 0 Å². The number of hydrogen-bond acceptors (Lipinski definition) is 3. The second kappa shape index (κ2) is 5.89. The fourth-order valence-electron chi connectivity index (χ4n) is 3.80. The molecule has 2 rings (SSSR count). The first-order valence-corrected chi connectivity index (χ1v) is 7.69. The van der Waals surface area contributed by atoms with Gasteiger partial charge in [0.15, 0.2) is 0 Å². The average Bonchev–Trinajstić information content (AvgIpc) is 2.75. The van der Waals surface area contributed by atoms with E-state index in [0.717, 1.165) is 12.1 Å². The van der Waals surface area contributed by atoms with Gasteiger partial charge >= 0.3 is 0 Å². The van der Waals surface area contributed by atoms with E-state index < -0.39 is 0 Å². The molecule has 3 nitrogen and oxygen atoms in total. The summed E-state index contributed by atoms with van der Waals surface area (Å²) in [5, 5.41) is 3.51. The summed E-state index contributed by atoms with van der Waals surface area (Å²) < 4.78 is 0. The van der Waals surface area contributed by atoms with Gasteiger partial charge in [0, 0.05) is 25.2 Å². The molecule has 0 radical (unpaired) electrons. The standard InChI is InChI=1S/C15H31N3/c1-5-18-9-6-14(10-13(18)2)17(4)12-15(3)7-8-16-11-15/h13-14,16H,5-12H2,1-4H3. The second-order valence-corrected chi connectivity index (χ2v) is 6.81. The molecule has 18 heavy (non-hydrogen) atoms. The topological polar surface area (TPSA) is 18.5 Å². The van der Waals surface area contributed by atoms with E-state index in [1.54, 1.807) is 0 Å². The fourth-order valence-corrected chi connectivity index (χ4v) is 3.80. The number of likely N-dealkylation sites (tertiary alicyclic amines) is 1. The summed E-state index contributed by atoms with van der Waals surface area (Å²) in [6.07, 6.45) is 4.02. The van der Waals surface area contributed by atoms with Crippen molar-refractivity contribution < 1.29 is 0 Å². The Morgan fingerprint density at radius 2 is 2.22 bits per heavy atom. The van der Waals surface area contributed by atoms with Crippen LogP contribution in [-0.2, 0) is 0 Å².